The number of hydrogen-bond donors (Lipinski definition) is 2. The van der Waals surface area contributed by atoms with Crippen LogP contribution in [0.1, 0.15) is 18.9 Å². The first-order chi connectivity index (χ1) is 9.67. The van der Waals surface area contributed by atoms with Crippen LogP contribution in [0.2, 0.25) is 0 Å². The number of nitrogens with one attached hydrogen (secondary N) is 2. The number of ether oxygens (including phenoxy) is 2. The number of carbonyl (C=O) groups is 2. The summed E-state index contributed by atoms with van der Waals surface area (Å²) >= 11 is 0. The van der Waals surface area contributed by atoms with Gasteiger partial charge in [0.25, 0.3) is 0 Å². The van der Waals surface area contributed by atoms with Crippen molar-refractivity contribution in [3.05, 3.63) is 29.8 Å². The Bertz CT molecular complexity index is 449. The smallest absolute Gasteiger partial charge is 0.317 e. The molecule has 0 spiro atoms. The zero-order valence-electron chi connectivity index (χ0n) is 11.8. The number of hydrogen-bond acceptors (Lipinski definition) is 4. The Kier molecular flexibility index (Phi) is 6.95. The summed E-state index contributed by atoms with van der Waals surface area (Å²) < 4.78 is 9.94. The van der Waals surface area contributed by atoms with Crippen LogP contribution < -0.4 is 15.4 Å². The molecular formula is C14H20N2O4. The molecule has 6 heteroatoms. The SMILES string of the molecule is CCc1ccccc1OCNC(=O)NCCC(=O)OC. The van der Waals surface area contributed by atoms with Crippen molar-refractivity contribution in [1.82, 2.24) is 10.6 Å². The highest BCUT2D eigenvalue weighted by atomic mass is 16.5. The Morgan fingerprint density at radius 3 is 2.65 bits per heavy atom. The normalized spacial score (nSPS) is 9.70. The van der Waals surface area contributed by atoms with Crippen molar-refractivity contribution in [2.45, 2.75) is 19.8 Å². The summed E-state index contributed by atoms with van der Waals surface area (Å²) in [6.07, 6.45) is 1.00. The van der Waals surface area contributed by atoms with Crippen LogP contribution in [0.5, 0.6) is 5.75 Å². The molecule has 1 aromatic carbocycles. The predicted octanol–water partition coefficient (Wildman–Crippen LogP) is 1.45. The molecule has 0 aromatic heterocycles. The van der Waals surface area contributed by atoms with Gasteiger partial charge in [0.1, 0.15) is 5.75 Å². The summed E-state index contributed by atoms with van der Waals surface area (Å²) in [5, 5.41) is 5.08. The summed E-state index contributed by atoms with van der Waals surface area (Å²) in [6.45, 7) is 2.33. The van der Waals surface area contributed by atoms with Crippen molar-refractivity contribution < 1.29 is 19.1 Å². The zero-order valence-corrected chi connectivity index (χ0v) is 11.8. The van der Waals surface area contributed by atoms with Crippen molar-refractivity contribution >= 4 is 12.0 Å². The molecule has 0 fully saturated rings. The van der Waals surface area contributed by atoms with Crippen molar-refractivity contribution in [1.29, 1.82) is 0 Å². The third-order valence-corrected chi connectivity index (χ3v) is 2.66. The molecule has 20 heavy (non-hydrogen) atoms. The highest BCUT2D eigenvalue weighted by molar-refractivity contribution is 5.75. The summed E-state index contributed by atoms with van der Waals surface area (Å²) in [5.41, 5.74) is 1.08. The lowest BCUT2D eigenvalue weighted by molar-refractivity contribution is -0.140. The van der Waals surface area contributed by atoms with Crippen molar-refractivity contribution in [2.24, 2.45) is 0 Å². The number of benzene rings is 1. The first kappa shape index (κ1) is 15.8. The second-order valence-corrected chi connectivity index (χ2v) is 4.01. The van der Waals surface area contributed by atoms with E-state index in [4.69, 9.17) is 4.74 Å². The van der Waals surface area contributed by atoms with Gasteiger partial charge in [-0.05, 0) is 18.1 Å². The molecule has 110 valence electrons. The van der Waals surface area contributed by atoms with E-state index in [1.54, 1.807) is 0 Å². The molecule has 6 nitrogen and oxygen atoms in total. The lowest BCUT2D eigenvalue weighted by Gasteiger charge is -2.11. The van der Waals surface area contributed by atoms with Crippen molar-refractivity contribution in [3.8, 4) is 5.75 Å². The summed E-state index contributed by atoms with van der Waals surface area (Å²) in [7, 11) is 1.31. The van der Waals surface area contributed by atoms with E-state index in [9.17, 15) is 9.59 Å². The monoisotopic (exact) mass is 280 g/mol. The van der Waals surface area contributed by atoms with Crippen molar-refractivity contribution in [3.63, 3.8) is 0 Å². The average molecular weight is 280 g/mol. The molecule has 2 N–H and O–H groups in total. The van der Waals surface area contributed by atoms with E-state index in [2.05, 4.69) is 15.4 Å². The molecule has 1 aromatic rings. The molecule has 0 saturated heterocycles. The van der Waals surface area contributed by atoms with E-state index in [-0.39, 0.29) is 31.7 Å². The molecular weight excluding hydrogens is 260 g/mol. The minimum absolute atomic E-state index is 0.0705. The van der Waals surface area contributed by atoms with E-state index in [1.165, 1.54) is 7.11 Å². The number of aryl methyl sites for hydroxylation is 1. The van der Waals surface area contributed by atoms with E-state index >= 15 is 0 Å². The molecule has 0 bridgehead atoms. The molecule has 0 unspecified atom stereocenters. The number of para-hydroxylation sites is 1. The second-order valence-electron chi connectivity index (χ2n) is 4.01. The molecule has 0 atom stereocenters. The number of rotatable bonds is 7. The molecule has 1 rings (SSSR count). The Balaban J connectivity index is 2.23. The van der Waals surface area contributed by atoms with Gasteiger partial charge in [-0.2, -0.15) is 0 Å². The van der Waals surface area contributed by atoms with Crippen molar-refractivity contribution in [2.75, 3.05) is 20.4 Å². The standard InChI is InChI=1S/C14H20N2O4/c1-3-11-6-4-5-7-12(11)20-10-16-14(18)15-9-8-13(17)19-2/h4-7H,3,8-10H2,1-2H3,(H2,15,16,18). The minimum Gasteiger partial charge on any atom is -0.473 e. The van der Waals surface area contributed by atoms with E-state index < -0.39 is 0 Å². The van der Waals surface area contributed by atoms with Gasteiger partial charge in [-0.15, -0.1) is 0 Å². The number of esters is 1. The van der Waals surface area contributed by atoms with Crippen LogP contribution in [0.3, 0.4) is 0 Å². The maximum atomic E-state index is 11.4. The molecule has 0 heterocycles. The van der Waals surface area contributed by atoms with Crippen LogP contribution in [-0.4, -0.2) is 32.4 Å². The van der Waals surface area contributed by atoms with E-state index in [1.807, 2.05) is 31.2 Å². The van der Waals surface area contributed by atoms with Crippen LogP contribution in [0.15, 0.2) is 24.3 Å². The van der Waals surface area contributed by atoms with Gasteiger partial charge in [-0.3, -0.25) is 4.79 Å². The van der Waals surface area contributed by atoms with Gasteiger partial charge >= 0.3 is 12.0 Å². The molecule has 0 saturated carbocycles. The van der Waals surface area contributed by atoms with Crippen LogP contribution in [0.4, 0.5) is 4.79 Å². The fourth-order valence-corrected chi connectivity index (χ4v) is 1.56. The lowest BCUT2D eigenvalue weighted by atomic mass is 10.1. The second kappa shape index (κ2) is 8.79. The van der Waals surface area contributed by atoms with Crippen LogP contribution in [-0.2, 0) is 16.0 Å². The number of urea groups is 1. The van der Waals surface area contributed by atoms with E-state index in [0.717, 1.165) is 17.7 Å². The first-order valence-electron chi connectivity index (χ1n) is 6.46. The van der Waals surface area contributed by atoms with Gasteiger partial charge in [-0.25, -0.2) is 4.79 Å². The molecule has 2 amide bonds. The highest BCUT2D eigenvalue weighted by Crippen LogP contribution is 2.17. The number of carbonyl (C=O) groups excluding carboxylic acids is 2. The summed E-state index contributed by atoms with van der Waals surface area (Å²) in [6, 6.07) is 7.27. The van der Waals surface area contributed by atoms with Crippen LogP contribution in [0.25, 0.3) is 0 Å². The Hall–Kier alpha value is -2.24. The lowest BCUT2D eigenvalue weighted by Crippen LogP contribution is -2.38. The predicted molar refractivity (Wildman–Crippen MR) is 74.5 cm³/mol. The molecule has 0 radical (unpaired) electrons. The summed E-state index contributed by atoms with van der Waals surface area (Å²) in [5.74, 6) is 0.392. The van der Waals surface area contributed by atoms with Crippen LogP contribution in [0, 0.1) is 0 Å². The van der Waals surface area contributed by atoms with Gasteiger partial charge in [0.15, 0.2) is 6.73 Å². The average Bonchev–Trinajstić information content (AvgIpc) is 2.47. The topological polar surface area (TPSA) is 76.7 Å². The fraction of sp³-hybridized carbons (Fsp3) is 0.429. The third kappa shape index (κ3) is 5.60. The van der Waals surface area contributed by atoms with Gasteiger partial charge < -0.3 is 20.1 Å². The number of amides is 2. The zero-order chi connectivity index (χ0) is 14.8. The number of methoxy groups -OCH3 is 1. The van der Waals surface area contributed by atoms with Gasteiger partial charge in [0.2, 0.25) is 0 Å². The maximum Gasteiger partial charge on any atom is 0.317 e. The largest absolute Gasteiger partial charge is 0.473 e. The Morgan fingerprint density at radius 2 is 1.95 bits per heavy atom. The Labute approximate surface area is 118 Å². The molecule has 0 aliphatic heterocycles. The van der Waals surface area contributed by atoms with E-state index in [0.29, 0.717) is 0 Å². The highest BCUT2D eigenvalue weighted by Gasteiger charge is 2.04. The molecule has 0 aliphatic rings. The quantitative estimate of drug-likeness (QED) is 0.585. The third-order valence-electron chi connectivity index (χ3n) is 2.66. The van der Waals surface area contributed by atoms with Gasteiger partial charge in [-0.1, -0.05) is 25.1 Å². The fourth-order valence-electron chi connectivity index (χ4n) is 1.56. The maximum absolute atomic E-state index is 11.4. The minimum atomic E-state index is -0.386. The first-order valence-corrected chi connectivity index (χ1v) is 6.46. The van der Waals surface area contributed by atoms with Crippen LogP contribution >= 0.6 is 0 Å². The summed E-state index contributed by atoms with van der Waals surface area (Å²) in [4.78, 5) is 22.2. The van der Waals surface area contributed by atoms with Gasteiger partial charge in [0, 0.05) is 6.54 Å². The molecule has 0 aliphatic carbocycles. The van der Waals surface area contributed by atoms with Gasteiger partial charge in [0.05, 0.1) is 13.5 Å². The Morgan fingerprint density at radius 1 is 1.20 bits per heavy atom.